The monoisotopic (exact) mass is 249 g/mol. The van der Waals surface area contributed by atoms with Gasteiger partial charge in [-0.1, -0.05) is 15.9 Å². The van der Waals surface area contributed by atoms with Crippen LogP contribution in [0.15, 0.2) is 0 Å². The van der Waals surface area contributed by atoms with Crippen LogP contribution >= 0.6 is 15.9 Å². The predicted octanol–water partition coefficient (Wildman–Crippen LogP) is 2.27. The van der Waals surface area contributed by atoms with Crippen molar-refractivity contribution in [1.82, 2.24) is 4.90 Å². The zero-order chi connectivity index (χ0) is 10.1. The Balaban J connectivity index is 2.60. The summed E-state index contributed by atoms with van der Waals surface area (Å²) in [6.45, 7) is 8.82. The van der Waals surface area contributed by atoms with Gasteiger partial charge < -0.3 is 4.74 Å². The van der Waals surface area contributed by atoms with Crippen LogP contribution in [0.3, 0.4) is 0 Å². The molecule has 78 valence electrons. The molecular weight excluding hydrogens is 230 g/mol. The Morgan fingerprint density at radius 2 is 2.23 bits per heavy atom. The Morgan fingerprint density at radius 1 is 1.62 bits per heavy atom. The number of halogens is 1. The topological polar surface area (TPSA) is 12.5 Å². The zero-order valence-corrected chi connectivity index (χ0v) is 10.6. The summed E-state index contributed by atoms with van der Waals surface area (Å²) in [6.07, 6.45) is 1.24. The molecule has 0 saturated carbocycles. The van der Waals surface area contributed by atoms with Crippen LogP contribution in [0, 0.1) is 0 Å². The lowest BCUT2D eigenvalue weighted by molar-refractivity contribution is 0.0619. The van der Waals surface area contributed by atoms with Crippen molar-refractivity contribution in [2.24, 2.45) is 0 Å². The van der Waals surface area contributed by atoms with Crippen molar-refractivity contribution in [3.05, 3.63) is 0 Å². The quantitative estimate of drug-likeness (QED) is 0.712. The summed E-state index contributed by atoms with van der Waals surface area (Å²) in [5.41, 5.74) is 0.262. The summed E-state index contributed by atoms with van der Waals surface area (Å²) in [5, 5.41) is 0. The molecule has 0 radical (unpaired) electrons. The van der Waals surface area contributed by atoms with Crippen molar-refractivity contribution in [3.8, 4) is 0 Å². The molecule has 2 nitrogen and oxygen atoms in total. The Morgan fingerprint density at radius 3 is 2.62 bits per heavy atom. The van der Waals surface area contributed by atoms with E-state index in [1.165, 1.54) is 13.0 Å². The standard InChI is InChI=1S/C10H20BrNO/c1-8(7-13-4)12-6-5-9(11)10(12,2)3/h8-9H,5-7H2,1-4H3. The van der Waals surface area contributed by atoms with E-state index in [1.54, 1.807) is 7.11 Å². The molecule has 1 aliphatic heterocycles. The molecule has 1 fully saturated rings. The van der Waals surface area contributed by atoms with E-state index in [-0.39, 0.29) is 5.54 Å². The van der Waals surface area contributed by atoms with Crippen LogP contribution in [0.1, 0.15) is 27.2 Å². The highest BCUT2D eigenvalue weighted by Gasteiger charge is 2.41. The minimum atomic E-state index is 0.262. The molecule has 0 spiro atoms. The highest BCUT2D eigenvalue weighted by molar-refractivity contribution is 9.09. The van der Waals surface area contributed by atoms with Crippen molar-refractivity contribution in [1.29, 1.82) is 0 Å². The molecule has 2 unspecified atom stereocenters. The number of nitrogens with zero attached hydrogens (tertiary/aromatic N) is 1. The van der Waals surface area contributed by atoms with Gasteiger partial charge in [0.25, 0.3) is 0 Å². The minimum absolute atomic E-state index is 0.262. The second-order valence-corrected chi connectivity index (χ2v) is 5.51. The fourth-order valence-corrected chi connectivity index (χ4v) is 2.66. The van der Waals surface area contributed by atoms with E-state index in [4.69, 9.17) is 4.74 Å². The number of rotatable bonds is 3. The number of hydrogen-bond acceptors (Lipinski definition) is 2. The van der Waals surface area contributed by atoms with Gasteiger partial charge in [-0.15, -0.1) is 0 Å². The molecule has 1 aliphatic rings. The first-order valence-electron chi connectivity index (χ1n) is 4.90. The Kier molecular flexibility index (Phi) is 3.78. The third-order valence-electron chi connectivity index (χ3n) is 3.07. The van der Waals surface area contributed by atoms with E-state index in [0.29, 0.717) is 10.9 Å². The van der Waals surface area contributed by atoms with E-state index in [0.717, 1.165) is 6.61 Å². The van der Waals surface area contributed by atoms with Crippen LogP contribution in [0.25, 0.3) is 0 Å². The zero-order valence-electron chi connectivity index (χ0n) is 9.01. The summed E-state index contributed by atoms with van der Waals surface area (Å²) < 4.78 is 5.19. The van der Waals surface area contributed by atoms with Gasteiger partial charge in [0.15, 0.2) is 0 Å². The Labute approximate surface area is 89.8 Å². The SMILES string of the molecule is COCC(C)N1CCC(Br)C1(C)C. The number of likely N-dealkylation sites (tertiary alicyclic amines) is 1. The first kappa shape index (κ1) is 11.5. The van der Waals surface area contributed by atoms with Crippen molar-refractivity contribution in [2.45, 2.75) is 43.6 Å². The molecule has 0 aromatic heterocycles. The maximum atomic E-state index is 5.19. The maximum absolute atomic E-state index is 5.19. The highest BCUT2D eigenvalue weighted by Crippen LogP contribution is 2.35. The van der Waals surface area contributed by atoms with Gasteiger partial charge >= 0.3 is 0 Å². The van der Waals surface area contributed by atoms with Crippen LogP contribution in [0.2, 0.25) is 0 Å². The lowest BCUT2D eigenvalue weighted by Crippen LogP contribution is -2.49. The van der Waals surface area contributed by atoms with Crippen LogP contribution in [-0.4, -0.2) is 41.6 Å². The van der Waals surface area contributed by atoms with Crippen LogP contribution in [-0.2, 0) is 4.74 Å². The first-order valence-corrected chi connectivity index (χ1v) is 5.81. The van der Waals surface area contributed by atoms with Crippen molar-refractivity contribution in [2.75, 3.05) is 20.3 Å². The van der Waals surface area contributed by atoms with Crippen LogP contribution in [0.5, 0.6) is 0 Å². The van der Waals surface area contributed by atoms with Gasteiger partial charge in [0, 0.05) is 30.1 Å². The lowest BCUT2D eigenvalue weighted by Gasteiger charge is -2.38. The molecule has 1 rings (SSSR count). The highest BCUT2D eigenvalue weighted by atomic mass is 79.9. The van der Waals surface area contributed by atoms with E-state index >= 15 is 0 Å². The first-order chi connectivity index (χ1) is 6.00. The number of alkyl halides is 1. The van der Waals surface area contributed by atoms with Gasteiger partial charge in [-0.2, -0.15) is 0 Å². The smallest absolute Gasteiger partial charge is 0.0615 e. The molecule has 2 atom stereocenters. The van der Waals surface area contributed by atoms with Crippen molar-refractivity contribution in [3.63, 3.8) is 0 Å². The minimum Gasteiger partial charge on any atom is -0.383 e. The normalized spacial score (nSPS) is 30.7. The number of ether oxygens (including phenoxy) is 1. The average Bonchev–Trinajstić information content (AvgIpc) is 2.28. The van der Waals surface area contributed by atoms with Gasteiger partial charge in [-0.25, -0.2) is 0 Å². The molecule has 13 heavy (non-hydrogen) atoms. The molecule has 0 N–H and O–H groups in total. The van der Waals surface area contributed by atoms with Gasteiger partial charge in [0.1, 0.15) is 0 Å². The molecule has 1 heterocycles. The van der Waals surface area contributed by atoms with Gasteiger partial charge in [-0.05, 0) is 27.2 Å². The summed E-state index contributed by atoms with van der Waals surface area (Å²) in [7, 11) is 1.77. The maximum Gasteiger partial charge on any atom is 0.0615 e. The molecule has 0 amide bonds. The van der Waals surface area contributed by atoms with Gasteiger partial charge in [0.05, 0.1) is 6.61 Å². The Bertz CT molecular complexity index is 172. The molecular formula is C10H20BrNO. The predicted molar refractivity (Wildman–Crippen MR) is 59.5 cm³/mol. The van der Waals surface area contributed by atoms with E-state index < -0.39 is 0 Å². The summed E-state index contributed by atoms with van der Waals surface area (Å²) in [5.74, 6) is 0. The largest absolute Gasteiger partial charge is 0.383 e. The van der Waals surface area contributed by atoms with Gasteiger partial charge in [0.2, 0.25) is 0 Å². The fourth-order valence-electron chi connectivity index (χ4n) is 2.19. The summed E-state index contributed by atoms with van der Waals surface area (Å²) >= 11 is 3.74. The van der Waals surface area contributed by atoms with Crippen molar-refractivity contribution < 1.29 is 4.74 Å². The average molecular weight is 250 g/mol. The fraction of sp³-hybridized carbons (Fsp3) is 1.00. The molecule has 0 aromatic rings. The second-order valence-electron chi connectivity index (χ2n) is 4.41. The second kappa shape index (κ2) is 4.28. The molecule has 0 bridgehead atoms. The van der Waals surface area contributed by atoms with E-state index in [1.807, 2.05) is 0 Å². The lowest BCUT2D eigenvalue weighted by atomic mass is 10.0. The van der Waals surface area contributed by atoms with Crippen LogP contribution in [0.4, 0.5) is 0 Å². The number of methoxy groups -OCH3 is 1. The van der Waals surface area contributed by atoms with E-state index in [9.17, 15) is 0 Å². The molecule has 1 saturated heterocycles. The summed E-state index contributed by atoms with van der Waals surface area (Å²) in [6, 6.07) is 0.516. The third-order valence-corrected chi connectivity index (χ3v) is 4.65. The molecule has 0 aliphatic carbocycles. The van der Waals surface area contributed by atoms with E-state index in [2.05, 4.69) is 41.6 Å². The summed E-state index contributed by atoms with van der Waals surface area (Å²) in [4.78, 5) is 3.13. The van der Waals surface area contributed by atoms with Gasteiger partial charge in [-0.3, -0.25) is 4.90 Å². The molecule has 3 heteroatoms. The molecule has 0 aromatic carbocycles. The third kappa shape index (κ3) is 2.25. The van der Waals surface area contributed by atoms with Crippen molar-refractivity contribution >= 4 is 15.9 Å². The Hall–Kier alpha value is 0.400. The number of hydrogen-bond donors (Lipinski definition) is 0. The van der Waals surface area contributed by atoms with Crippen LogP contribution < -0.4 is 0 Å².